The van der Waals surface area contributed by atoms with Crippen molar-refractivity contribution in [3.05, 3.63) is 54.6 Å². The number of carbonyl (C=O) groups excluding carboxylic acids is 2. The van der Waals surface area contributed by atoms with Crippen LogP contribution in [0.5, 0.6) is 5.75 Å². The van der Waals surface area contributed by atoms with Crippen LogP contribution in [-0.2, 0) is 14.4 Å². The average molecular weight is 366 g/mol. The molecule has 3 atom stereocenters. The van der Waals surface area contributed by atoms with Crippen molar-refractivity contribution in [2.45, 2.75) is 31.9 Å². The van der Waals surface area contributed by atoms with E-state index >= 15 is 0 Å². The molecule has 2 fully saturated rings. The number of rotatable bonds is 5. The minimum atomic E-state index is -0.806. The number of amides is 2. The van der Waals surface area contributed by atoms with Crippen LogP contribution in [0.1, 0.15) is 19.8 Å². The Bertz CT molecular complexity index is 854. The molecule has 0 bridgehead atoms. The van der Waals surface area contributed by atoms with Crippen LogP contribution in [-0.4, -0.2) is 31.1 Å². The lowest BCUT2D eigenvalue weighted by Gasteiger charge is -2.28. The van der Waals surface area contributed by atoms with Gasteiger partial charge < -0.3 is 4.74 Å². The zero-order valence-electron chi connectivity index (χ0n) is 15.4. The smallest absolute Gasteiger partial charge is 0.266 e. The Hall–Kier alpha value is -2.86. The molecule has 0 N–H and O–H groups in total. The summed E-state index contributed by atoms with van der Waals surface area (Å²) in [5.74, 6) is -0.603. The third-order valence-corrected chi connectivity index (χ3v) is 5.16. The molecule has 2 aliphatic heterocycles. The Kier molecular flexibility index (Phi) is 4.58. The minimum Gasteiger partial charge on any atom is -0.495 e. The van der Waals surface area contributed by atoms with E-state index in [4.69, 9.17) is 9.57 Å². The highest BCUT2D eigenvalue weighted by molar-refractivity contribution is 6.24. The first-order valence-electron chi connectivity index (χ1n) is 9.19. The normalized spacial score (nSPS) is 24.4. The molecule has 0 radical (unpaired) electrons. The van der Waals surface area contributed by atoms with Crippen LogP contribution in [0.4, 0.5) is 11.4 Å². The van der Waals surface area contributed by atoms with Crippen molar-refractivity contribution in [2.75, 3.05) is 17.1 Å². The second kappa shape index (κ2) is 7.04. The lowest BCUT2D eigenvalue weighted by atomic mass is 9.93. The van der Waals surface area contributed by atoms with Crippen molar-refractivity contribution in [1.82, 2.24) is 0 Å². The second-order valence-electron chi connectivity index (χ2n) is 6.75. The summed E-state index contributed by atoms with van der Waals surface area (Å²) in [6.07, 6.45) is 0.838. The predicted molar refractivity (Wildman–Crippen MR) is 101 cm³/mol. The number of nitrogens with zero attached hydrogens (tertiary/aromatic N) is 2. The molecular weight excluding hydrogens is 344 g/mol. The van der Waals surface area contributed by atoms with E-state index in [1.54, 1.807) is 23.3 Å². The number of para-hydroxylation sites is 3. The molecule has 2 aromatic rings. The van der Waals surface area contributed by atoms with Crippen LogP contribution in [0.3, 0.4) is 0 Å². The first kappa shape index (κ1) is 17.5. The average Bonchev–Trinajstić information content (AvgIpc) is 3.19. The Morgan fingerprint density at radius 3 is 2.41 bits per heavy atom. The fourth-order valence-corrected chi connectivity index (χ4v) is 3.96. The second-order valence-corrected chi connectivity index (χ2v) is 6.75. The molecular formula is C21H22N2O4. The Balaban J connectivity index is 1.70. The maximum atomic E-state index is 13.3. The lowest BCUT2D eigenvalue weighted by Crippen LogP contribution is -2.40. The molecule has 0 unspecified atom stereocenters. The summed E-state index contributed by atoms with van der Waals surface area (Å²) in [6, 6.07) is 16.5. The summed E-state index contributed by atoms with van der Waals surface area (Å²) in [5.41, 5.74) is 1.32. The van der Waals surface area contributed by atoms with E-state index in [-0.39, 0.29) is 17.9 Å². The molecule has 2 saturated heterocycles. The molecule has 2 aliphatic rings. The van der Waals surface area contributed by atoms with Gasteiger partial charge in [-0.1, -0.05) is 43.7 Å². The highest BCUT2D eigenvalue weighted by atomic mass is 16.7. The number of carbonyl (C=O) groups is 2. The van der Waals surface area contributed by atoms with Gasteiger partial charge >= 0.3 is 0 Å². The molecule has 6 nitrogen and oxygen atoms in total. The third-order valence-electron chi connectivity index (χ3n) is 5.16. The first-order valence-corrected chi connectivity index (χ1v) is 9.19. The van der Waals surface area contributed by atoms with Crippen LogP contribution >= 0.6 is 0 Å². The van der Waals surface area contributed by atoms with Gasteiger partial charge in [0.15, 0.2) is 6.10 Å². The standard InChI is InChI=1S/C21H22N2O4/c1-3-9-16-18-19(27-23(16)14-10-5-4-6-11-14)21(25)22(20(18)24)15-12-7-8-13-17(15)26-2/h4-8,10-13,16,18-19H,3,9H2,1-2H3/t16-,18+,19-/m1/s1. The van der Waals surface area contributed by atoms with Gasteiger partial charge in [0.05, 0.1) is 30.4 Å². The minimum absolute atomic E-state index is 0.182. The molecule has 0 spiro atoms. The molecule has 6 heteroatoms. The zero-order valence-corrected chi connectivity index (χ0v) is 15.4. The van der Waals surface area contributed by atoms with Crippen LogP contribution in [0.2, 0.25) is 0 Å². The maximum absolute atomic E-state index is 13.3. The lowest BCUT2D eigenvalue weighted by molar-refractivity contribution is -0.126. The van der Waals surface area contributed by atoms with Crippen molar-refractivity contribution in [2.24, 2.45) is 5.92 Å². The van der Waals surface area contributed by atoms with Crippen LogP contribution in [0.25, 0.3) is 0 Å². The van der Waals surface area contributed by atoms with Crippen molar-refractivity contribution < 1.29 is 19.2 Å². The number of ether oxygens (including phenoxy) is 1. The SMILES string of the molecule is CCC[C@@H]1[C@@H]2C(=O)N(c3ccccc3OC)C(=O)[C@@H]2ON1c1ccccc1. The van der Waals surface area contributed by atoms with E-state index in [0.29, 0.717) is 11.4 Å². The molecule has 2 amide bonds. The predicted octanol–water partition coefficient (Wildman–Crippen LogP) is 3.17. The molecule has 4 rings (SSSR count). The monoisotopic (exact) mass is 366 g/mol. The van der Waals surface area contributed by atoms with Gasteiger partial charge in [0.2, 0.25) is 5.91 Å². The Morgan fingerprint density at radius 2 is 1.70 bits per heavy atom. The summed E-state index contributed by atoms with van der Waals surface area (Å²) in [4.78, 5) is 33.6. The van der Waals surface area contributed by atoms with Gasteiger partial charge in [-0.25, -0.2) is 9.96 Å². The zero-order chi connectivity index (χ0) is 19.0. The Morgan fingerprint density at radius 1 is 1.00 bits per heavy atom. The number of hydroxylamine groups is 1. The van der Waals surface area contributed by atoms with Crippen LogP contribution in [0.15, 0.2) is 54.6 Å². The molecule has 0 aliphatic carbocycles. The summed E-state index contributed by atoms with van der Waals surface area (Å²) in [6.45, 7) is 2.07. The fourth-order valence-electron chi connectivity index (χ4n) is 3.96. The first-order chi connectivity index (χ1) is 13.2. The maximum Gasteiger partial charge on any atom is 0.266 e. The fraction of sp³-hybridized carbons (Fsp3) is 0.333. The topological polar surface area (TPSA) is 59.1 Å². The molecule has 2 aromatic carbocycles. The van der Waals surface area contributed by atoms with Gasteiger partial charge in [-0.05, 0) is 30.7 Å². The van der Waals surface area contributed by atoms with E-state index in [2.05, 4.69) is 6.92 Å². The summed E-state index contributed by atoms with van der Waals surface area (Å²) >= 11 is 0. The van der Waals surface area contributed by atoms with Crippen molar-refractivity contribution in [1.29, 1.82) is 0 Å². The van der Waals surface area contributed by atoms with Gasteiger partial charge in [-0.15, -0.1) is 0 Å². The molecule has 0 aromatic heterocycles. The number of methoxy groups -OCH3 is 1. The van der Waals surface area contributed by atoms with E-state index in [9.17, 15) is 9.59 Å². The largest absolute Gasteiger partial charge is 0.495 e. The van der Waals surface area contributed by atoms with Crippen LogP contribution in [0, 0.1) is 5.92 Å². The molecule has 27 heavy (non-hydrogen) atoms. The summed E-state index contributed by atoms with van der Waals surface area (Å²) < 4.78 is 5.34. The van der Waals surface area contributed by atoms with Gasteiger partial charge in [-0.2, -0.15) is 0 Å². The molecule has 0 saturated carbocycles. The van der Waals surface area contributed by atoms with E-state index in [1.165, 1.54) is 12.0 Å². The van der Waals surface area contributed by atoms with Gasteiger partial charge in [0.25, 0.3) is 5.91 Å². The number of imide groups is 1. The van der Waals surface area contributed by atoms with Crippen molar-refractivity contribution in [3.8, 4) is 5.75 Å². The van der Waals surface area contributed by atoms with Gasteiger partial charge in [0, 0.05) is 0 Å². The van der Waals surface area contributed by atoms with Gasteiger partial charge in [-0.3, -0.25) is 14.4 Å². The third kappa shape index (κ3) is 2.77. The number of anilines is 2. The number of fused-ring (bicyclic) bond motifs is 1. The van der Waals surface area contributed by atoms with E-state index in [0.717, 1.165) is 18.5 Å². The Labute approximate surface area is 158 Å². The molecule has 140 valence electrons. The quantitative estimate of drug-likeness (QED) is 0.761. The number of hydrogen-bond acceptors (Lipinski definition) is 5. The highest BCUT2D eigenvalue weighted by Crippen LogP contribution is 2.43. The molecule has 2 heterocycles. The van der Waals surface area contributed by atoms with Crippen LogP contribution < -0.4 is 14.7 Å². The number of benzene rings is 2. The van der Waals surface area contributed by atoms with E-state index in [1.807, 2.05) is 36.4 Å². The van der Waals surface area contributed by atoms with E-state index < -0.39 is 12.0 Å². The summed E-state index contributed by atoms with van der Waals surface area (Å²) in [7, 11) is 1.53. The summed E-state index contributed by atoms with van der Waals surface area (Å²) in [5, 5.41) is 1.74. The van der Waals surface area contributed by atoms with Gasteiger partial charge in [0.1, 0.15) is 5.75 Å². The number of hydrogen-bond donors (Lipinski definition) is 0. The highest BCUT2D eigenvalue weighted by Gasteiger charge is 2.59. The van der Waals surface area contributed by atoms with Crippen molar-refractivity contribution in [3.63, 3.8) is 0 Å². The van der Waals surface area contributed by atoms with Crippen molar-refractivity contribution >= 4 is 23.2 Å².